The number of aromatic nitrogens is 1. The highest BCUT2D eigenvalue weighted by Crippen LogP contribution is 2.30. The van der Waals surface area contributed by atoms with Crippen LogP contribution in [0.4, 0.5) is 5.13 Å². The number of aryl methyl sites for hydroxylation is 1. The zero-order valence-electron chi connectivity index (χ0n) is 10.5. The predicted molar refractivity (Wildman–Crippen MR) is 75.6 cm³/mol. The molecular formula is C12H18N2OS2. The number of carbonyl (C=O) groups is 1. The van der Waals surface area contributed by atoms with Gasteiger partial charge in [-0.25, -0.2) is 4.98 Å². The lowest BCUT2D eigenvalue weighted by Crippen LogP contribution is -2.37. The summed E-state index contributed by atoms with van der Waals surface area (Å²) < 4.78 is 0. The third-order valence-electron chi connectivity index (χ3n) is 2.97. The van der Waals surface area contributed by atoms with E-state index in [9.17, 15) is 4.79 Å². The number of hydrogen-bond acceptors (Lipinski definition) is 5. The number of nitrogens with zero attached hydrogens (tertiary/aromatic N) is 2. The van der Waals surface area contributed by atoms with Crippen molar-refractivity contribution >= 4 is 34.0 Å². The van der Waals surface area contributed by atoms with Gasteiger partial charge in [0.05, 0.1) is 10.6 Å². The number of thioether (sulfide) groups is 1. The van der Waals surface area contributed by atoms with E-state index >= 15 is 0 Å². The van der Waals surface area contributed by atoms with Gasteiger partial charge in [0, 0.05) is 31.0 Å². The smallest absolute Gasteiger partial charge is 0.186 e. The van der Waals surface area contributed by atoms with Crippen LogP contribution in [0.5, 0.6) is 0 Å². The molecule has 3 nitrogen and oxygen atoms in total. The summed E-state index contributed by atoms with van der Waals surface area (Å²) in [6.07, 6.45) is 1.20. The Morgan fingerprint density at radius 1 is 1.59 bits per heavy atom. The molecule has 94 valence electrons. The van der Waals surface area contributed by atoms with Crippen molar-refractivity contribution in [2.75, 3.05) is 23.7 Å². The largest absolute Gasteiger partial charge is 0.346 e. The summed E-state index contributed by atoms with van der Waals surface area (Å²) in [4.78, 5) is 19.1. The van der Waals surface area contributed by atoms with E-state index in [4.69, 9.17) is 0 Å². The Kier molecular flexibility index (Phi) is 4.09. The molecule has 1 unspecified atom stereocenters. The molecular weight excluding hydrogens is 252 g/mol. The topological polar surface area (TPSA) is 33.2 Å². The lowest BCUT2D eigenvalue weighted by Gasteiger charge is -2.31. The van der Waals surface area contributed by atoms with Gasteiger partial charge in [-0.1, -0.05) is 18.3 Å². The summed E-state index contributed by atoms with van der Waals surface area (Å²) in [6.45, 7) is 7.88. The molecule has 1 fully saturated rings. The van der Waals surface area contributed by atoms with Crippen molar-refractivity contribution in [2.24, 2.45) is 0 Å². The molecule has 1 aliphatic heterocycles. The minimum atomic E-state index is 0.129. The minimum Gasteiger partial charge on any atom is -0.346 e. The maximum Gasteiger partial charge on any atom is 0.186 e. The second-order valence-electron chi connectivity index (χ2n) is 4.31. The molecule has 0 saturated carbocycles. The van der Waals surface area contributed by atoms with Gasteiger partial charge in [-0.05, 0) is 13.3 Å². The van der Waals surface area contributed by atoms with Crippen molar-refractivity contribution in [2.45, 2.75) is 32.4 Å². The van der Waals surface area contributed by atoms with Crippen LogP contribution in [0.15, 0.2) is 0 Å². The van der Waals surface area contributed by atoms with Crippen molar-refractivity contribution in [1.29, 1.82) is 0 Å². The first-order chi connectivity index (χ1) is 8.11. The lowest BCUT2D eigenvalue weighted by molar-refractivity contribution is 0.102. The molecule has 0 spiro atoms. The van der Waals surface area contributed by atoms with E-state index in [0.717, 1.165) is 34.5 Å². The SMILES string of the molecule is CCC1CN(c2nc(C)c(C(C)=O)s2)CCS1. The van der Waals surface area contributed by atoms with Gasteiger partial charge >= 0.3 is 0 Å². The molecule has 17 heavy (non-hydrogen) atoms. The fraction of sp³-hybridized carbons (Fsp3) is 0.667. The predicted octanol–water partition coefficient (Wildman–Crippen LogP) is 2.99. The van der Waals surface area contributed by atoms with E-state index in [2.05, 4.69) is 16.8 Å². The number of ketones is 1. The van der Waals surface area contributed by atoms with Gasteiger partial charge in [0.2, 0.25) is 0 Å². The van der Waals surface area contributed by atoms with Crippen LogP contribution in [-0.2, 0) is 0 Å². The Balaban J connectivity index is 2.16. The second kappa shape index (κ2) is 5.40. The molecule has 0 radical (unpaired) electrons. The summed E-state index contributed by atoms with van der Waals surface area (Å²) >= 11 is 3.59. The van der Waals surface area contributed by atoms with Crippen LogP contribution in [0.2, 0.25) is 0 Å². The van der Waals surface area contributed by atoms with Crippen molar-refractivity contribution in [1.82, 2.24) is 4.98 Å². The van der Waals surface area contributed by atoms with Crippen LogP contribution < -0.4 is 4.90 Å². The number of rotatable bonds is 3. The van der Waals surface area contributed by atoms with E-state index in [1.165, 1.54) is 6.42 Å². The van der Waals surface area contributed by atoms with Gasteiger partial charge in [0.25, 0.3) is 0 Å². The fourth-order valence-corrected chi connectivity index (χ4v) is 4.16. The Bertz CT molecular complexity index is 417. The number of carbonyl (C=O) groups excluding carboxylic acids is 1. The summed E-state index contributed by atoms with van der Waals surface area (Å²) in [5, 5.41) is 1.72. The highest BCUT2D eigenvalue weighted by Gasteiger charge is 2.22. The molecule has 2 rings (SSSR count). The lowest BCUT2D eigenvalue weighted by atomic mass is 10.3. The molecule has 0 aromatic carbocycles. The zero-order chi connectivity index (χ0) is 12.4. The van der Waals surface area contributed by atoms with Crippen molar-refractivity contribution in [3.8, 4) is 0 Å². The molecule has 0 aliphatic carbocycles. The van der Waals surface area contributed by atoms with Gasteiger partial charge in [0.1, 0.15) is 0 Å². The minimum absolute atomic E-state index is 0.129. The zero-order valence-corrected chi connectivity index (χ0v) is 12.2. The van der Waals surface area contributed by atoms with Gasteiger partial charge in [-0.3, -0.25) is 4.79 Å². The van der Waals surface area contributed by atoms with Gasteiger partial charge in [-0.2, -0.15) is 11.8 Å². The standard InChI is InChI=1S/C12H18N2OS2/c1-4-10-7-14(5-6-16-10)12-13-8(2)11(17-12)9(3)15/h10H,4-7H2,1-3H3. The summed E-state index contributed by atoms with van der Waals surface area (Å²) in [5.74, 6) is 1.29. The Morgan fingerprint density at radius 3 is 2.94 bits per heavy atom. The first kappa shape index (κ1) is 12.9. The van der Waals surface area contributed by atoms with E-state index < -0.39 is 0 Å². The van der Waals surface area contributed by atoms with Crippen LogP contribution >= 0.6 is 23.1 Å². The third-order valence-corrected chi connectivity index (χ3v) is 5.66. The summed E-state index contributed by atoms with van der Waals surface area (Å²) in [6, 6.07) is 0. The molecule has 0 bridgehead atoms. The van der Waals surface area contributed by atoms with Crippen LogP contribution in [-0.4, -0.2) is 34.9 Å². The van der Waals surface area contributed by atoms with E-state index in [0.29, 0.717) is 5.25 Å². The number of anilines is 1. The average Bonchev–Trinajstić information content (AvgIpc) is 2.71. The van der Waals surface area contributed by atoms with Crippen LogP contribution in [0.1, 0.15) is 35.6 Å². The summed E-state index contributed by atoms with van der Waals surface area (Å²) in [5.41, 5.74) is 0.878. The van der Waals surface area contributed by atoms with E-state index in [1.54, 1.807) is 18.3 Å². The van der Waals surface area contributed by atoms with Crippen molar-refractivity contribution in [3.05, 3.63) is 10.6 Å². The van der Waals surface area contributed by atoms with E-state index in [-0.39, 0.29) is 5.78 Å². The third kappa shape index (κ3) is 2.83. The average molecular weight is 270 g/mol. The Labute approximate surface area is 111 Å². The van der Waals surface area contributed by atoms with Gasteiger partial charge < -0.3 is 4.90 Å². The number of thiazole rings is 1. The highest BCUT2D eigenvalue weighted by molar-refractivity contribution is 8.00. The molecule has 1 aromatic heterocycles. The second-order valence-corrected chi connectivity index (χ2v) is 6.70. The molecule has 0 N–H and O–H groups in total. The molecule has 0 amide bonds. The normalized spacial score (nSPS) is 20.6. The van der Waals surface area contributed by atoms with Crippen LogP contribution in [0.3, 0.4) is 0 Å². The Hall–Kier alpha value is -0.550. The molecule has 5 heteroatoms. The maximum absolute atomic E-state index is 11.4. The van der Waals surface area contributed by atoms with Crippen molar-refractivity contribution < 1.29 is 4.79 Å². The summed E-state index contributed by atoms with van der Waals surface area (Å²) in [7, 11) is 0. The quantitative estimate of drug-likeness (QED) is 0.791. The van der Waals surface area contributed by atoms with Crippen molar-refractivity contribution in [3.63, 3.8) is 0 Å². The van der Waals surface area contributed by atoms with Gasteiger partial charge in [0.15, 0.2) is 10.9 Å². The molecule has 1 aliphatic rings. The fourth-order valence-electron chi connectivity index (χ4n) is 1.98. The number of Topliss-reactive ketones (excluding diaryl/α,β-unsaturated/α-hetero) is 1. The monoisotopic (exact) mass is 270 g/mol. The maximum atomic E-state index is 11.4. The first-order valence-corrected chi connectivity index (χ1v) is 7.83. The molecule has 1 atom stereocenters. The van der Waals surface area contributed by atoms with E-state index in [1.807, 2.05) is 18.7 Å². The number of hydrogen-bond donors (Lipinski definition) is 0. The van der Waals surface area contributed by atoms with Crippen LogP contribution in [0.25, 0.3) is 0 Å². The Morgan fingerprint density at radius 2 is 2.35 bits per heavy atom. The van der Waals surface area contributed by atoms with Gasteiger partial charge in [-0.15, -0.1) is 0 Å². The van der Waals surface area contributed by atoms with Crippen LogP contribution in [0, 0.1) is 6.92 Å². The molecule has 1 aromatic rings. The molecule has 2 heterocycles. The highest BCUT2D eigenvalue weighted by atomic mass is 32.2. The first-order valence-electron chi connectivity index (χ1n) is 5.96. The molecule has 1 saturated heterocycles.